The minimum Gasteiger partial charge on any atom is -0.476 e. The summed E-state index contributed by atoms with van der Waals surface area (Å²) in [5, 5.41) is 9.31. The first kappa shape index (κ1) is 12.9. The quantitative estimate of drug-likeness (QED) is 0.930. The Morgan fingerprint density at radius 1 is 1.35 bits per heavy atom. The van der Waals surface area contributed by atoms with Crippen molar-refractivity contribution < 1.29 is 19.1 Å². The molecule has 104 valence electrons. The largest absolute Gasteiger partial charge is 0.476 e. The second-order valence-corrected chi connectivity index (χ2v) is 4.87. The summed E-state index contributed by atoms with van der Waals surface area (Å²) in [5.74, 6) is -0.352. The molecule has 3 rings (SSSR count). The molecule has 1 N–H and O–H groups in total. The van der Waals surface area contributed by atoms with Gasteiger partial charge in [0, 0.05) is 18.1 Å². The minimum absolute atomic E-state index is 0.00815. The number of aromatic nitrogens is 1. The summed E-state index contributed by atoms with van der Waals surface area (Å²) >= 11 is 0. The zero-order valence-electron chi connectivity index (χ0n) is 11.1. The topological polar surface area (TPSA) is 72.6 Å². The van der Waals surface area contributed by atoms with Gasteiger partial charge in [0.15, 0.2) is 5.69 Å². The monoisotopic (exact) mass is 273 g/mol. The summed E-state index contributed by atoms with van der Waals surface area (Å²) in [4.78, 5) is 15.5. The summed E-state index contributed by atoms with van der Waals surface area (Å²) < 4.78 is 11.2. The third kappa shape index (κ3) is 2.20. The second-order valence-electron chi connectivity index (χ2n) is 4.87. The summed E-state index contributed by atoms with van der Waals surface area (Å²) in [7, 11) is 0. The lowest BCUT2D eigenvalue weighted by molar-refractivity contribution is 0.0686. The molecule has 2 heterocycles. The highest BCUT2D eigenvalue weighted by molar-refractivity contribution is 5.87. The molecule has 5 heteroatoms. The van der Waals surface area contributed by atoms with Gasteiger partial charge in [-0.15, -0.1) is 0 Å². The predicted molar refractivity (Wildman–Crippen MR) is 71.7 cm³/mol. The summed E-state index contributed by atoms with van der Waals surface area (Å²) in [6.45, 7) is 2.54. The van der Waals surface area contributed by atoms with E-state index in [-0.39, 0.29) is 17.7 Å². The van der Waals surface area contributed by atoms with Crippen molar-refractivity contribution in [2.75, 3.05) is 6.61 Å². The fourth-order valence-electron chi connectivity index (χ4n) is 2.52. The Kier molecular flexibility index (Phi) is 3.28. The number of benzene rings is 1. The highest BCUT2D eigenvalue weighted by atomic mass is 16.5. The molecule has 1 fully saturated rings. The molecule has 0 amide bonds. The molecule has 20 heavy (non-hydrogen) atoms. The van der Waals surface area contributed by atoms with Crippen LogP contribution in [0.25, 0.3) is 11.5 Å². The lowest BCUT2D eigenvalue weighted by atomic mass is 9.98. The zero-order valence-corrected chi connectivity index (χ0v) is 11.1. The summed E-state index contributed by atoms with van der Waals surface area (Å²) in [5.41, 5.74) is 0.763. The van der Waals surface area contributed by atoms with Gasteiger partial charge in [-0.2, -0.15) is 0 Å². The first-order chi connectivity index (χ1) is 9.66. The summed E-state index contributed by atoms with van der Waals surface area (Å²) in [6.07, 6.45) is 0.704. The van der Waals surface area contributed by atoms with Crippen molar-refractivity contribution in [3.63, 3.8) is 0 Å². The van der Waals surface area contributed by atoms with E-state index in [1.165, 1.54) is 0 Å². The lowest BCUT2D eigenvalue weighted by Gasteiger charge is -2.10. The zero-order chi connectivity index (χ0) is 14.1. The molecule has 0 radical (unpaired) electrons. The number of carbonyl (C=O) groups is 1. The highest BCUT2D eigenvalue weighted by Gasteiger charge is 2.34. The van der Waals surface area contributed by atoms with Gasteiger partial charge in [-0.3, -0.25) is 0 Å². The second kappa shape index (κ2) is 5.09. The van der Waals surface area contributed by atoms with Crippen molar-refractivity contribution in [3.05, 3.63) is 41.8 Å². The number of rotatable bonds is 3. The van der Waals surface area contributed by atoms with Gasteiger partial charge in [-0.1, -0.05) is 18.2 Å². The minimum atomic E-state index is -1.06. The highest BCUT2D eigenvalue weighted by Crippen LogP contribution is 2.35. The van der Waals surface area contributed by atoms with Crippen molar-refractivity contribution in [2.24, 2.45) is 0 Å². The van der Waals surface area contributed by atoms with Crippen molar-refractivity contribution in [3.8, 4) is 11.5 Å². The van der Waals surface area contributed by atoms with Gasteiger partial charge in [0.05, 0.1) is 6.10 Å². The first-order valence-corrected chi connectivity index (χ1v) is 6.58. The average molecular weight is 273 g/mol. The molecule has 0 bridgehead atoms. The van der Waals surface area contributed by atoms with Crippen LogP contribution >= 0.6 is 0 Å². The van der Waals surface area contributed by atoms with Crippen molar-refractivity contribution in [2.45, 2.75) is 25.4 Å². The predicted octanol–water partition coefficient (Wildman–Crippen LogP) is 2.93. The number of aromatic carboxylic acids is 1. The molecular weight excluding hydrogens is 258 g/mol. The van der Waals surface area contributed by atoms with E-state index in [1.54, 1.807) is 0 Å². The normalized spacial score (nSPS) is 22.1. The maximum absolute atomic E-state index is 11.4. The van der Waals surface area contributed by atoms with E-state index in [9.17, 15) is 9.90 Å². The van der Waals surface area contributed by atoms with Crippen molar-refractivity contribution >= 4 is 5.97 Å². The van der Waals surface area contributed by atoms with Crippen molar-refractivity contribution in [1.82, 2.24) is 4.98 Å². The van der Waals surface area contributed by atoms with E-state index in [4.69, 9.17) is 9.15 Å². The van der Waals surface area contributed by atoms with Crippen LogP contribution in [-0.2, 0) is 4.74 Å². The lowest BCUT2D eigenvalue weighted by Crippen LogP contribution is -2.12. The molecule has 0 saturated carbocycles. The molecule has 1 aliphatic heterocycles. The Morgan fingerprint density at radius 3 is 2.70 bits per heavy atom. The van der Waals surface area contributed by atoms with Gasteiger partial charge in [0.25, 0.3) is 0 Å². The Hall–Kier alpha value is -2.14. The van der Waals surface area contributed by atoms with E-state index in [0.717, 1.165) is 12.0 Å². The SMILES string of the molecule is CC1OCCC1c1oc(-c2ccccc2)nc1C(=O)O. The number of nitrogens with zero attached hydrogens (tertiary/aromatic N) is 1. The fraction of sp³-hybridized carbons (Fsp3) is 0.333. The van der Waals surface area contributed by atoms with Crippen LogP contribution in [0.15, 0.2) is 34.7 Å². The van der Waals surface area contributed by atoms with E-state index >= 15 is 0 Å². The molecular formula is C15H15NO4. The van der Waals surface area contributed by atoms with E-state index < -0.39 is 5.97 Å². The Labute approximate surface area is 116 Å². The Bertz CT molecular complexity index is 620. The third-order valence-corrected chi connectivity index (χ3v) is 3.59. The molecule has 1 aliphatic rings. The van der Waals surface area contributed by atoms with Gasteiger partial charge >= 0.3 is 5.97 Å². The van der Waals surface area contributed by atoms with Crippen molar-refractivity contribution in [1.29, 1.82) is 0 Å². The number of carboxylic acids is 1. The van der Waals surface area contributed by atoms with Gasteiger partial charge in [0.2, 0.25) is 5.89 Å². The number of hydrogen-bond acceptors (Lipinski definition) is 4. The van der Waals surface area contributed by atoms with Crippen LogP contribution in [0.5, 0.6) is 0 Å². The molecule has 2 atom stereocenters. The Morgan fingerprint density at radius 2 is 2.10 bits per heavy atom. The van der Waals surface area contributed by atoms with Gasteiger partial charge in [-0.25, -0.2) is 9.78 Å². The van der Waals surface area contributed by atoms with Crippen LogP contribution in [0.1, 0.15) is 35.5 Å². The van der Waals surface area contributed by atoms with E-state index in [1.807, 2.05) is 37.3 Å². The maximum Gasteiger partial charge on any atom is 0.358 e. The van der Waals surface area contributed by atoms with E-state index in [2.05, 4.69) is 4.98 Å². The summed E-state index contributed by atoms with van der Waals surface area (Å²) in [6, 6.07) is 9.30. The molecule has 2 unspecified atom stereocenters. The molecule has 1 aromatic heterocycles. The third-order valence-electron chi connectivity index (χ3n) is 3.59. The van der Waals surface area contributed by atoms with Crippen LogP contribution in [-0.4, -0.2) is 28.8 Å². The van der Waals surface area contributed by atoms with Gasteiger partial charge in [0.1, 0.15) is 5.76 Å². The van der Waals surface area contributed by atoms with Crippen LogP contribution in [0.2, 0.25) is 0 Å². The number of hydrogen-bond donors (Lipinski definition) is 1. The standard InChI is InChI=1S/C15H15NO4/c1-9-11(7-8-19-9)13-12(15(17)18)16-14(20-13)10-5-3-2-4-6-10/h2-6,9,11H,7-8H2,1H3,(H,17,18). The van der Waals surface area contributed by atoms with Gasteiger partial charge in [-0.05, 0) is 25.5 Å². The molecule has 1 saturated heterocycles. The number of oxazole rings is 1. The van der Waals surface area contributed by atoms with Crippen LogP contribution < -0.4 is 0 Å². The molecule has 0 spiro atoms. The Balaban J connectivity index is 2.05. The van der Waals surface area contributed by atoms with Crippen LogP contribution in [0, 0.1) is 0 Å². The molecule has 2 aromatic rings. The van der Waals surface area contributed by atoms with Gasteiger partial charge < -0.3 is 14.3 Å². The molecule has 5 nitrogen and oxygen atoms in total. The van der Waals surface area contributed by atoms with E-state index in [0.29, 0.717) is 18.3 Å². The molecule has 1 aromatic carbocycles. The fourth-order valence-corrected chi connectivity index (χ4v) is 2.52. The maximum atomic E-state index is 11.4. The number of carboxylic acid groups (broad SMARTS) is 1. The van der Waals surface area contributed by atoms with Crippen LogP contribution in [0.4, 0.5) is 0 Å². The molecule has 0 aliphatic carbocycles. The average Bonchev–Trinajstić information content (AvgIpc) is 3.05. The number of ether oxygens (including phenoxy) is 1. The van der Waals surface area contributed by atoms with Crippen LogP contribution in [0.3, 0.4) is 0 Å². The first-order valence-electron chi connectivity index (χ1n) is 6.58. The smallest absolute Gasteiger partial charge is 0.358 e.